The first-order valence-corrected chi connectivity index (χ1v) is 33.0. The minimum atomic E-state index is -1.49. The fourth-order valence-electron chi connectivity index (χ4n) is 12.3. The van der Waals surface area contributed by atoms with Crippen LogP contribution < -0.4 is 42.5 Å². The third-order valence-corrected chi connectivity index (χ3v) is 18.1. The van der Waals surface area contributed by atoms with E-state index in [9.17, 15) is 43.8 Å². The summed E-state index contributed by atoms with van der Waals surface area (Å²) in [6, 6.07) is 14.1. The van der Waals surface area contributed by atoms with Gasteiger partial charge in [-0.1, -0.05) is 144 Å². The number of hydrogen-bond donors (Lipinski definition) is 10. The molecule has 10 N–H and O–H groups in total. The number of aromatic nitrogens is 3. The molecule has 97 heavy (non-hydrogen) atoms. The number of amides is 8. The molecule has 2 fully saturated rings. The minimum Gasteiger partial charge on any atom is -0.480 e. The van der Waals surface area contributed by atoms with Gasteiger partial charge in [0.15, 0.2) is 6.04 Å². The largest absolute Gasteiger partial charge is 0.480 e. The topological polar surface area (TPSA) is 363 Å². The van der Waals surface area contributed by atoms with E-state index in [0.29, 0.717) is 11.1 Å². The normalized spacial score (nSPS) is 23.9. The Labute approximate surface area is 564 Å². The van der Waals surface area contributed by atoms with Crippen LogP contribution in [0.15, 0.2) is 103 Å². The van der Waals surface area contributed by atoms with Crippen LogP contribution in [0.5, 0.6) is 0 Å². The van der Waals surface area contributed by atoms with E-state index < -0.39 is 143 Å². The molecule has 0 radical (unpaired) electrons. The minimum absolute atomic E-state index is 0.0113. The van der Waals surface area contributed by atoms with E-state index >= 15 is 14.4 Å². The Kier molecular flexibility index (Phi) is 24.8. The van der Waals surface area contributed by atoms with Crippen LogP contribution in [0.2, 0.25) is 0 Å². The van der Waals surface area contributed by atoms with Crippen molar-refractivity contribution >= 4 is 80.7 Å². The van der Waals surface area contributed by atoms with Crippen molar-refractivity contribution in [1.29, 1.82) is 0 Å². The standard InChI is InChI=1S/C70H93N13O14/c1-40(71-9)59(84)77-57(69(3,4)5)65(90)81-31-28-53-55(81)63(88)75-50(36-42-23-25-44-18-13-15-20-46(44)34-42)61(86)73-30-27-52(68(94)95)83-38-48(79-80-83)39-97-54-29-32-82(66(91)58(70(6,7)8)78-60(85)41(2)72-10)56(54)64(89)76-51(37-43-24-26-45-19-14-16-21-47(45)35-43)62(87)74-49(67(92)93)22-12-11-17-33-96-53/h11,13-21,23-26,34-35,38,40-41,49-58,71-72H,12,22,27-33,36-37,39H2,1-10H3,(H,73,86)(H,74,87)(H,75,88)(H,76,89)(H,77,84)(H,78,85)(H,92,93)(H,94,95)/b17-11+/t40-,41-,49-,50-,51-,52-,53+,54+,55-,56-,57+,58+/m0/s1. The first kappa shape index (κ1) is 73.6. The van der Waals surface area contributed by atoms with Gasteiger partial charge in [-0.05, 0) is 104 Å². The second-order valence-electron chi connectivity index (χ2n) is 27.4. The van der Waals surface area contributed by atoms with Crippen molar-refractivity contribution in [2.45, 2.75) is 180 Å². The summed E-state index contributed by atoms with van der Waals surface area (Å²) in [5.74, 6) is -7.93. The Hall–Kier alpha value is -9.18. The predicted octanol–water partition coefficient (Wildman–Crippen LogP) is 2.84. The zero-order chi connectivity index (χ0) is 70.5. The van der Waals surface area contributed by atoms with Gasteiger partial charge in [0.1, 0.15) is 48.0 Å². The molecule has 3 aliphatic rings. The lowest BCUT2D eigenvalue weighted by atomic mass is 9.85. The Morgan fingerprint density at radius 3 is 1.56 bits per heavy atom. The molecule has 2 saturated heterocycles. The molecule has 0 unspecified atom stereocenters. The number of carbonyl (C=O) groups is 10. The number of nitrogens with one attached hydrogen (secondary N) is 8. The number of ether oxygens (including phenoxy) is 2. The average Bonchev–Trinajstić information content (AvgIpc) is 1.70. The van der Waals surface area contributed by atoms with E-state index in [4.69, 9.17) is 9.47 Å². The van der Waals surface area contributed by atoms with Crippen molar-refractivity contribution in [3.63, 3.8) is 0 Å². The van der Waals surface area contributed by atoms with Crippen LogP contribution in [-0.2, 0) is 76.9 Å². The average molecular weight is 1340 g/mol. The second kappa shape index (κ2) is 32.7. The summed E-state index contributed by atoms with van der Waals surface area (Å²) in [6.07, 6.45) is 2.28. The lowest BCUT2D eigenvalue weighted by Gasteiger charge is -2.37. The summed E-state index contributed by atoms with van der Waals surface area (Å²) < 4.78 is 13.9. The third-order valence-electron chi connectivity index (χ3n) is 18.1. The molecule has 5 aromatic rings. The summed E-state index contributed by atoms with van der Waals surface area (Å²) in [6.45, 7) is 13.1. The smallest absolute Gasteiger partial charge is 0.328 e. The summed E-state index contributed by atoms with van der Waals surface area (Å²) in [4.78, 5) is 146. The van der Waals surface area contributed by atoms with Gasteiger partial charge in [0.25, 0.3) is 0 Å². The molecule has 522 valence electrons. The van der Waals surface area contributed by atoms with Crippen LogP contribution in [-0.4, -0.2) is 201 Å². The molecule has 0 aliphatic carbocycles. The molecule has 8 amide bonds. The molecule has 4 heterocycles. The predicted molar refractivity (Wildman–Crippen MR) is 360 cm³/mol. The SMILES string of the molecule is CN[C@@H](C)C(=O)N[C@H](C(=O)N1CC[C@H]2OC/C=C/CC[C@@H](C(=O)O)NC(=O)[C@H](Cc3ccc4ccccc4c3)NC(=O)[C@@H]3[C@@H](CCN3C(=O)[C@@H](NC(=O)[C@H](C)NC)C(C)(C)C)OCc3cn(nn3)[C@H](C(=O)O)CCNC(=O)[C@H](Cc3ccc4ccccc4c3)NC(=O)[C@H]21)C(C)(C)C. The van der Waals surface area contributed by atoms with Crippen LogP contribution in [0.25, 0.3) is 21.5 Å². The molecule has 0 spiro atoms. The molecule has 4 aromatic carbocycles. The highest BCUT2D eigenvalue weighted by Gasteiger charge is 2.50. The first-order valence-electron chi connectivity index (χ1n) is 33.0. The number of carbonyl (C=O) groups excluding carboxylic acids is 8. The highest BCUT2D eigenvalue weighted by Crippen LogP contribution is 2.31. The van der Waals surface area contributed by atoms with Crippen molar-refractivity contribution in [1.82, 2.24) is 67.3 Å². The number of rotatable bonds is 14. The lowest BCUT2D eigenvalue weighted by Crippen LogP contribution is -2.62. The zero-order valence-electron chi connectivity index (χ0n) is 56.8. The lowest BCUT2D eigenvalue weighted by molar-refractivity contribution is -0.147. The Morgan fingerprint density at radius 1 is 0.598 bits per heavy atom. The van der Waals surface area contributed by atoms with E-state index in [-0.39, 0.29) is 83.5 Å². The Bertz CT molecular complexity index is 3710. The highest BCUT2D eigenvalue weighted by atomic mass is 16.5. The van der Waals surface area contributed by atoms with Gasteiger partial charge in [-0.3, -0.25) is 38.4 Å². The maximum absolute atomic E-state index is 15.3. The van der Waals surface area contributed by atoms with Gasteiger partial charge in [-0.15, -0.1) is 5.10 Å². The van der Waals surface area contributed by atoms with E-state index in [0.717, 1.165) is 26.2 Å². The van der Waals surface area contributed by atoms with Crippen molar-refractivity contribution < 1.29 is 67.6 Å². The number of aliphatic carboxylic acids is 2. The molecular weight excluding hydrogens is 1250 g/mol. The van der Waals surface area contributed by atoms with Crippen LogP contribution >= 0.6 is 0 Å². The van der Waals surface area contributed by atoms with Gasteiger partial charge in [0.2, 0.25) is 47.3 Å². The number of allylic oxidation sites excluding steroid dienone is 1. The monoisotopic (exact) mass is 1340 g/mol. The molecule has 0 saturated carbocycles. The summed E-state index contributed by atoms with van der Waals surface area (Å²) in [7, 11) is 3.20. The Balaban J connectivity index is 1.15. The van der Waals surface area contributed by atoms with E-state index in [1.807, 2.05) is 78.9 Å². The number of carboxylic acid groups (broad SMARTS) is 2. The second-order valence-corrected chi connectivity index (χ2v) is 27.4. The first-order chi connectivity index (χ1) is 46.1. The van der Waals surface area contributed by atoms with Crippen LogP contribution in [0.4, 0.5) is 0 Å². The molecular formula is C70H93N13O14. The van der Waals surface area contributed by atoms with Crippen molar-refractivity contribution in [3.05, 3.63) is 120 Å². The highest BCUT2D eigenvalue weighted by molar-refractivity contribution is 5.98. The Morgan fingerprint density at radius 2 is 1.08 bits per heavy atom. The number of hydrogen-bond acceptors (Lipinski definition) is 16. The van der Waals surface area contributed by atoms with Gasteiger partial charge >= 0.3 is 11.9 Å². The number of likely N-dealkylation sites (N-methyl/N-ethyl adjacent to an activating group) is 2. The summed E-state index contributed by atoms with van der Waals surface area (Å²) >= 11 is 0. The van der Waals surface area contributed by atoms with Gasteiger partial charge in [-0.2, -0.15) is 0 Å². The fourth-order valence-corrected chi connectivity index (χ4v) is 12.3. The van der Waals surface area contributed by atoms with Crippen molar-refractivity contribution in [2.24, 2.45) is 10.8 Å². The molecule has 1 aromatic heterocycles. The van der Waals surface area contributed by atoms with Gasteiger partial charge in [0.05, 0.1) is 43.7 Å². The van der Waals surface area contributed by atoms with E-state index in [1.165, 1.54) is 16.0 Å². The molecule has 12 atom stereocenters. The van der Waals surface area contributed by atoms with Crippen LogP contribution in [0.1, 0.15) is 110 Å². The third kappa shape index (κ3) is 18.9. The number of nitrogens with zero attached hydrogens (tertiary/aromatic N) is 5. The number of fused-ring (bicyclic) bond motifs is 6. The zero-order valence-corrected chi connectivity index (χ0v) is 56.8. The van der Waals surface area contributed by atoms with Crippen LogP contribution in [0.3, 0.4) is 0 Å². The van der Waals surface area contributed by atoms with Gasteiger partial charge in [-0.25, -0.2) is 14.3 Å². The van der Waals surface area contributed by atoms with Crippen LogP contribution in [0, 0.1) is 10.8 Å². The number of benzene rings is 4. The van der Waals surface area contributed by atoms with Gasteiger partial charge in [0, 0.05) is 32.5 Å². The summed E-state index contributed by atoms with van der Waals surface area (Å²) in [5.41, 5.74) is -0.365. The molecule has 27 heteroatoms. The van der Waals surface area contributed by atoms with E-state index in [1.54, 1.807) is 87.7 Å². The molecule has 27 nitrogen and oxygen atoms in total. The van der Waals surface area contributed by atoms with E-state index in [2.05, 4.69) is 52.8 Å². The molecule has 3 aliphatic heterocycles. The molecule has 2 bridgehead atoms. The summed E-state index contributed by atoms with van der Waals surface area (Å²) in [5, 5.41) is 55.9. The molecule has 8 rings (SSSR count). The van der Waals surface area contributed by atoms with Crippen molar-refractivity contribution in [3.8, 4) is 0 Å². The maximum Gasteiger partial charge on any atom is 0.328 e. The van der Waals surface area contributed by atoms with Crippen molar-refractivity contribution in [2.75, 3.05) is 40.3 Å². The number of carboxylic acids is 2. The van der Waals surface area contributed by atoms with Gasteiger partial charge < -0.3 is 72.0 Å². The number of likely N-dealkylation sites (tertiary alicyclic amines) is 2. The quantitative estimate of drug-likeness (QED) is 0.0715. The maximum atomic E-state index is 15.3. The fraction of sp³-hybridized carbons (Fsp3) is 0.514.